The fourth-order valence-corrected chi connectivity index (χ4v) is 6.01. The topological polar surface area (TPSA) is 88.9 Å². The lowest BCUT2D eigenvalue weighted by Crippen LogP contribution is -2.55. The number of fused-ring (bicyclic) bond motifs is 2. The van der Waals surface area contributed by atoms with E-state index < -0.39 is 35.6 Å². The Morgan fingerprint density at radius 3 is 2.71 bits per heavy atom. The summed E-state index contributed by atoms with van der Waals surface area (Å²) in [4.78, 5) is 41.8. The van der Waals surface area contributed by atoms with Gasteiger partial charge in [-0.15, -0.1) is 0 Å². The van der Waals surface area contributed by atoms with Crippen LogP contribution >= 0.6 is 0 Å². The maximum Gasteiger partial charge on any atom is 0.231 e. The smallest absolute Gasteiger partial charge is 0.231 e. The second-order valence-corrected chi connectivity index (χ2v) is 8.83. The monoisotopic (exact) mass is 418 g/mol. The molecule has 6 rings (SSSR count). The van der Waals surface area contributed by atoms with Gasteiger partial charge in [-0.05, 0) is 24.3 Å². The molecule has 4 aliphatic heterocycles. The zero-order valence-corrected chi connectivity index (χ0v) is 16.9. The fraction of sp³-hybridized carbons (Fsp3) is 0.375. The van der Waals surface area contributed by atoms with Crippen LogP contribution in [-0.2, 0) is 19.1 Å². The van der Waals surface area contributed by atoms with E-state index in [2.05, 4.69) is 5.32 Å². The lowest BCUT2D eigenvalue weighted by atomic mass is 9.70. The van der Waals surface area contributed by atoms with E-state index in [1.54, 1.807) is 23.3 Å². The normalized spacial score (nSPS) is 37.8. The Labute approximate surface area is 179 Å². The molecule has 31 heavy (non-hydrogen) atoms. The van der Waals surface area contributed by atoms with Gasteiger partial charge in [0.15, 0.2) is 0 Å². The first kappa shape index (κ1) is 18.6. The molecule has 158 valence electrons. The van der Waals surface area contributed by atoms with E-state index in [-0.39, 0.29) is 29.9 Å². The number of nitrogens with zero attached hydrogens (tertiary/aromatic N) is 1. The largest absolute Gasteiger partial charge is 0.467 e. The van der Waals surface area contributed by atoms with Gasteiger partial charge in [-0.1, -0.05) is 37.3 Å². The van der Waals surface area contributed by atoms with Crippen LogP contribution in [0, 0.1) is 17.8 Å². The molecule has 0 unspecified atom stereocenters. The summed E-state index contributed by atoms with van der Waals surface area (Å²) < 4.78 is 11.9. The molecule has 3 fully saturated rings. The van der Waals surface area contributed by atoms with Crippen LogP contribution in [0.1, 0.15) is 25.1 Å². The molecule has 2 amide bonds. The number of amides is 2. The van der Waals surface area contributed by atoms with Crippen LogP contribution in [0.2, 0.25) is 0 Å². The lowest BCUT2D eigenvalue weighted by molar-refractivity contribution is -0.147. The molecule has 5 heterocycles. The standard InChI is InChI=1S/C24H22N2O5/c1-13-16(27)12-15(17-8-5-11-30-17)26-21(13)24-10-9-18(31-24)19(20(24)23(26)29)22(28)25-14-6-3-2-4-7-14/h2-11,13,15,18-21H,12H2,1H3,(H,25,28)/t13-,15-,18-,19+,20+,21+,24+/m1/s1. The number of carbonyl (C=O) groups is 3. The number of anilines is 1. The molecule has 7 heteroatoms. The number of nitrogens with one attached hydrogen (secondary N) is 1. The van der Waals surface area contributed by atoms with Crippen LogP contribution < -0.4 is 5.32 Å². The van der Waals surface area contributed by atoms with Crippen molar-refractivity contribution in [2.45, 2.75) is 37.1 Å². The first-order valence-electron chi connectivity index (χ1n) is 10.6. The fourth-order valence-electron chi connectivity index (χ4n) is 6.01. The third kappa shape index (κ3) is 2.41. The summed E-state index contributed by atoms with van der Waals surface area (Å²) in [5.41, 5.74) is -0.297. The van der Waals surface area contributed by atoms with Crippen LogP contribution in [0.15, 0.2) is 65.3 Å². The molecule has 7 nitrogen and oxygen atoms in total. The highest BCUT2D eigenvalue weighted by molar-refractivity contribution is 6.00. The lowest BCUT2D eigenvalue weighted by Gasteiger charge is -2.43. The average Bonchev–Trinajstić information content (AvgIpc) is 3.54. The third-order valence-electron chi connectivity index (χ3n) is 7.30. The third-order valence-corrected chi connectivity index (χ3v) is 7.30. The average molecular weight is 418 g/mol. The number of hydrogen-bond acceptors (Lipinski definition) is 5. The molecular formula is C24H22N2O5. The number of rotatable bonds is 3. The highest BCUT2D eigenvalue weighted by atomic mass is 16.5. The Balaban J connectivity index is 1.40. The van der Waals surface area contributed by atoms with Gasteiger partial charge in [0.2, 0.25) is 11.8 Å². The van der Waals surface area contributed by atoms with E-state index in [1.807, 2.05) is 49.4 Å². The minimum atomic E-state index is -0.971. The summed E-state index contributed by atoms with van der Waals surface area (Å²) >= 11 is 0. The summed E-state index contributed by atoms with van der Waals surface area (Å²) in [5, 5.41) is 2.93. The number of carbonyl (C=O) groups excluding carboxylic acids is 3. The van der Waals surface area contributed by atoms with Gasteiger partial charge >= 0.3 is 0 Å². The minimum absolute atomic E-state index is 0.0723. The van der Waals surface area contributed by atoms with Gasteiger partial charge in [-0.25, -0.2) is 0 Å². The molecule has 1 aromatic carbocycles. The van der Waals surface area contributed by atoms with E-state index in [1.165, 1.54) is 0 Å². The quantitative estimate of drug-likeness (QED) is 0.775. The second-order valence-electron chi connectivity index (χ2n) is 8.83. The van der Waals surface area contributed by atoms with Gasteiger partial charge in [-0.2, -0.15) is 0 Å². The molecule has 2 bridgehead atoms. The van der Waals surface area contributed by atoms with Crippen LogP contribution in [0.4, 0.5) is 5.69 Å². The van der Waals surface area contributed by atoms with Gasteiger partial charge in [0.05, 0.1) is 36.3 Å². The maximum atomic E-state index is 13.8. The number of Topliss-reactive ketones (excluding diaryl/α,β-unsaturated/α-hetero) is 1. The molecule has 0 aliphatic carbocycles. The van der Waals surface area contributed by atoms with Gasteiger partial charge < -0.3 is 19.4 Å². The summed E-state index contributed by atoms with van der Waals surface area (Å²) in [6.07, 6.45) is 5.05. The van der Waals surface area contributed by atoms with Crippen molar-refractivity contribution in [1.82, 2.24) is 4.90 Å². The van der Waals surface area contributed by atoms with Crippen molar-refractivity contribution in [3.05, 3.63) is 66.6 Å². The summed E-state index contributed by atoms with van der Waals surface area (Å²) in [7, 11) is 0. The highest BCUT2D eigenvalue weighted by Crippen LogP contribution is 2.59. The Hall–Kier alpha value is -3.19. The van der Waals surface area contributed by atoms with Crippen molar-refractivity contribution in [2.24, 2.45) is 17.8 Å². The Morgan fingerprint density at radius 2 is 1.97 bits per heavy atom. The number of benzene rings is 1. The van der Waals surface area contributed by atoms with Crippen molar-refractivity contribution in [1.29, 1.82) is 0 Å². The number of piperidine rings is 1. The molecule has 0 radical (unpaired) electrons. The number of furan rings is 1. The predicted octanol–water partition coefficient (Wildman–Crippen LogP) is 2.72. The molecule has 1 spiro atoms. The van der Waals surface area contributed by atoms with Crippen molar-refractivity contribution < 1.29 is 23.5 Å². The van der Waals surface area contributed by atoms with Crippen LogP contribution in [0.5, 0.6) is 0 Å². The molecule has 4 aliphatic rings. The van der Waals surface area contributed by atoms with E-state index in [0.717, 1.165) is 0 Å². The van der Waals surface area contributed by atoms with Crippen molar-refractivity contribution in [3.63, 3.8) is 0 Å². The Bertz CT molecular complexity index is 1090. The van der Waals surface area contributed by atoms with Crippen molar-refractivity contribution in [2.75, 3.05) is 5.32 Å². The molecule has 7 atom stereocenters. The molecule has 0 saturated carbocycles. The van der Waals surface area contributed by atoms with E-state index in [4.69, 9.17) is 9.15 Å². The van der Waals surface area contributed by atoms with Gasteiger partial charge in [0, 0.05) is 18.0 Å². The Morgan fingerprint density at radius 1 is 1.16 bits per heavy atom. The molecular weight excluding hydrogens is 396 g/mol. The summed E-state index contributed by atoms with van der Waals surface area (Å²) in [6.45, 7) is 1.85. The maximum absolute atomic E-state index is 13.8. The molecule has 1 aromatic heterocycles. The molecule has 2 aromatic rings. The van der Waals surface area contributed by atoms with E-state index in [0.29, 0.717) is 11.4 Å². The van der Waals surface area contributed by atoms with Gasteiger partial charge in [0.1, 0.15) is 17.1 Å². The van der Waals surface area contributed by atoms with Crippen LogP contribution in [-0.4, -0.2) is 40.2 Å². The SMILES string of the molecule is C[C@@H]1C(=O)C[C@H](c2ccco2)N2C(=O)[C@@H]3[C@@H](C(=O)Nc4ccccc4)[C@H]4C=C[C@@]3(O4)[C@H]12. The summed E-state index contributed by atoms with van der Waals surface area (Å²) in [6, 6.07) is 11.8. The first-order valence-corrected chi connectivity index (χ1v) is 10.6. The van der Waals surface area contributed by atoms with Crippen LogP contribution in [0.25, 0.3) is 0 Å². The summed E-state index contributed by atoms with van der Waals surface area (Å²) in [5.74, 6) is -1.44. The highest BCUT2D eigenvalue weighted by Gasteiger charge is 2.74. The minimum Gasteiger partial charge on any atom is -0.467 e. The van der Waals surface area contributed by atoms with Gasteiger partial charge in [0.25, 0.3) is 0 Å². The van der Waals surface area contributed by atoms with Crippen molar-refractivity contribution >= 4 is 23.3 Å². The zero-order valence-electron chi connectivity index (χ0n) is 16.9. The second kappa shape index (κ2) is 6.40. The number of para-hydroxylation sites is 1. The first-order chi connectivity index (χ1) is 15.0. The zero-order chi connectivity index (χ0) is 21.3. The number of ether oxygens (including phenoxy) is 1. The van der Waals surface area contributed by atoms with Crippen molar-refractivity contribution in [3.8, 4) is 0 Å². The Kier molecular flexibility index (Phi) is 3.84. The number of ketones is 1. The van der Waals surface area contributed by atoms with E-state index in [9.17, 15) is 14.4 Å². The number of hydrogen-bond donors (Lipinski definition) is 1. The van der Waals surface area contributed by atoms with E-state index >= 15 is 0 Å². The van der Waals surface area contributed by atoms with Gasteiger partial charge in [-0.3, -0.25) is 14.4 Å². The molecule has 1 N–H and O–H groups in total. The predicted molar refractivity (Wildman–Crippen MR) is 110 cm³/mol. The van der Waals surface area contributed by atoms with Crippen LogP contribution in [0.3, 0.4) is 0 Å². The molecule has 3 saturated heterocycles.